The summed E-state index contributed by atoms with van der Waals surface area (Å²) in [7, 11) is 0. The average molecular weight is 467 g/mol. The summed E-state index contributed by atoms with van der Waals surface area (Å²) < 4.78 is 41.6. The van der Waals surface area contributed by atoms with E-state index in [4.69, 9.17) is 11.6 Å². The maximum Gasteiger partial charge on any atom is 0.297 e. The molecule has 3 aromatic heterocycles. The second-order valence-electron chi connectivity index (χ2n) is 7.23. The Kier molecular flexibility index (Phi) is 6.48. The fourth-order valence-electron chi connectivity index (χ4n) is 3.60. The molecular weight excluding hydrogens is 447 g/mol. The number of benzene rings is 1. The molecular formula is C22H20F3N9. The lowest BCUT2D eigenvalue weighted by molar-refractivity contribution is 0.140. The van der Waals surface area contributed by atoms with Crippen LogP contribution in [0.25, 0.3) is 22.2 Å². The van der Waals surface area contributed by atoms with Gasteiger partial charge in [-0.25, -0.2) is 33.1 Å². The molecule has 4 aromatic rings. The number of nitrogens with two attached hydrogens (primary N) is 2. The van der Waals surface area contributed by atoms with Crippen molar-refractivity contribution < 1.29 is 13.2 Å². The number of hydrogen-bond acceptors (Lipinski definition) is 8. The first-order valence-corrected chi connectivity index (χ1v) is 10.2. The summed E-state index contributed by atoms with van der Waals surface area (Å²) in [5.74, 6) is 4.80. The Morgan fingerprint density at radius 1 is 1.15 bits per heavy atom. The number of aromatic nitrogens is 5. The van der Waals surface area contributed by atoms with Gasteiger partial charge >= 0.3 is 0 Å². The second-order valence-corrected chi connectivity index (χ2v) is 7.23. The molecule has 0 saturated heterocycles. The van der Waals surface area contributed by atoms with Crippen LogP contribution in [-0.4, -0.2) is 36.4 Å². The van der Waals surface area contributed by atoms with E-state index in [1.165, 1.54) is 37.1 Å². The van der Waals surface area contributed by atoms with E-state index in [1.54, 1.807) is 22.9 Å². The molecule has 0 bridgehead atoms. The fraction of sp³-hybridized carbons (Fsp3) is 0.182. The van der Waals surface area contributed by atoms with Gasteiger partial charge in [0.2, 0.25) is 0 Å². The van der Waals surface area contributed by atoms with Crippen molar-refractivity contribution in [2.24, 2.45) is 15.9 Å². The van der Waals surface area contributed by atoms with Crippen molar-refractivity contribution in [1.82, 2.24) is 24.5 Å². The van der Waals surface area contributed by atoms with Crippen LogP contribution in [0.15, 0.2) is 59.3 Å². The Labute approximate surface area is 192 Å². The first kappa shape index (κ1) is 22.8. The molecule has 3 heterocycles. The van der Waals surface area contributed by atoms with Gasteiger partial charge in [0.05, 0.1) is 23.3 Å². The van der Waals surface area contributed by atoms with E-state index < -0.39 is 24.1 Å². The molecule has 0 aliphatic carbocycles. The number of anilines is 1. The third-order valence-corrected chi connectivity index (χ3v) is 5.22. The first-order chi connectivity index (χ1) is 16.4. The lowest BCUT2D eigenvalue weighted by atomic mass is 10.1. The molecule has 4 N–H and O–H groups in total. The molecule has 0 spiro atoms. The summed E-state index contributed by atoms with van der Waals surface area (Å²) in [6, 6.07) is 5.61. The molecule has 174 valence electrons. The lowest BCUT2D eigenvalue weighted by Gasteiger charge is -2.17. The van der Waals surface area contributed by atoms with Gasteiger partial charge in [0, 0.05) is 29.7 Å². The molecule has 1 atom stereocenters. The summed E-state index contributed by atoms with van der Waals surface area (Å²) in [4.78, 5) is 20.1. The lowest BCUT2D eigenvalue weighted by Crippen LogP contribution is -2.21. The Bertz CT molecular complexity index is 1360. The molecule has 0 aliphatic rings. The number of rotatable bonds is 7. The highest BCUT2D eigenvalue weighted by molar-refractivity contribution is 6.32. The normalized spacial score (nSPS) is 13.3. The van der Waals surface area contributed by atoms with Gasteiger partial charge in [-0.2, -0.15) is 5.10 Å². The average Bonchev–Trinajstić information content (AvgIpc) is 3.23. The van der Waals surface area contributed by atoms with Gasteiger partial charge in [-0.3, -0.25) is 4.99 Å². The molecule has 1 unspecified atom stereocenters. The van der Waals surface area contributed by atoms with Gasteiger partial charge in [-0.1, -0.05) is 19.1 Å². The third kappa shape index (κ3) is 4.29. The minimum Gasteiger partial charge on any atom is -0.383 e. The van der Waals surface area contributed by atoms with Crippen molar-refractivity contribution in [2.45, 2.75) is 25.8 Å². The number of halogens is 3. The van der Waals surface area contributed by atoms with Crippen LogP contribution in [0.5, 0.6) is 0 Å². The molecule has 4 rings (SSSR count). The number of hydrazone groups is 1. The van der Waals surface area contributed by atoms with Crippen LogP contribution in [-0.2, 0) is 0 Å². The van der Waals surface area contributed by atoms with Crippen LogP contribution in [0, 0.1) is 5.82 Å². The van der Waals surface area contributed by atoms with Crippen molar-refractivity contribution in [1.29, 1.82) is 0 Å². The number of para-hydroxylation sites is 1. The van der Waals surface area contributed by atoms with Crippen molar-refractivity contribution in [2.75, 3.05) is 5.73 Å². The van der Waals surface area contributed by atoms with Crippen LogP contribution in [0.3, 0.4) is 0 Å². The van der Waals surface area contributed by atoms with Crippen molar-refractivity contribution in [3.63, 3.8) is 0 Å². The molecule has 0 saturated carbocycles. The van der Waals surface area contributed by atoms with Crippen LogP contribution in [0.2, 0.25) is 0 Å². The smallest absolute Gasteiger partial charge is 0.297 e. The van der Waals surface area contributed by atoms with Gasteiger partial charge in [-0.15, -0.1) is 0 Å². The minimum atomic E-state index is -2.79. The number of fused-ring (bicyclic) bond motifs is 1. The van der Waals surface area contributed by atoms with Gasteiger partial charge in [-0.05, 0) is 18.6 Å². The number of aliphatic imine (C=N–C) groups is 1. The number of nitrogens with zero attached hydrogens (tertiary/aromatic N) is 7. The zero-order chi connectivity index (χ0) is 24.2. The molecule has 0 radical (unpaired) electrons. The van der Waals surface area contributed by atoms with E-state index in [0.29, 0.717) is 34.3 Å². The van der Waals surface area contributed by atoms with Gasteiger partial charge in [0.25, 0.3) is 6.43 Å². The first-order valence-electron chi connectivity index (χ1n) is 10.2. The van der Waals surface area contributed by atoms with E-state index >= 15 is 0 Å². The quantitative estimate of drug-likeness (QED) is 0.238. The Morgan fingerprint density at radius 2 is 1.88 bits per heavy atom. The molecule has 0 fully saturated rings. The maximum atomic E-state index is 14.0. The third-order valence-electron chi connectivity index (χ3n) is 5.22. The van der Waals surface area contributed by atoms with Gasteiger partial charge in [0.1, 0.15) is 29.3 Å². The van der Waals surface area contributed by atoms with Crippen LogP contribution < -0.4 is 11.6 Å². The predicted octanol–water partition coefficient (Wildman–Crippen LogP) is 4.22. The zero-order valence-corrected chi connectivity index (χ0v) is 18.0. The van der Waals surface area contributed by atoms with Crippen LogP contribution in [0.4, 0.5) is 24.7 Å². The van der Waals surface area contributed by atoms with Crippen LogP contribution >= 0.6 is 0 Å². The minimum absolute atomic E-state index is 0.138. The molecule has 0 aliphatic heterocycles. The highest BCUT2D eigenvalue weighted by atomic mass is 19.3. The monoisotopic (exact) mass is 467 g/mol. The summed E-state index contributed by atoms with van der Waals surface area (Å²) in [5, 5.41) is 4.36. The largest absolute Gasteiger partial charge is 0.383 e. The van der Waals surface area contributed by atoms with E-state index in [9.17, 15) is 13.2 Å². The Morgan fingerprint density at radius 3 is 2.53 bits per heavy atom. The number of alkyl halides is 2. The Hall–Kier alpha value is -4.35. The Balaban J connectivity index is 1.81. The maximum absolute atomic E-state index is 14.0. The van der Waals surface area contributed by atoms with E-state index in [0.717, 1.165) is 0 Å². The second kappa shape index (κ2) is 9.65. The van der Waals surface area contributed by atoms with Crippen molar-refractivity contribution in [3.05, 3.63) is 60.8 Å². The van der Waals surface area contributed by atoms with Crippen molar-refractivity contribution in [3.8, 4) is 11.1 Å². The molecule has 1 aromatic carbocycles. The summed E-state index contributed by atoms with van der Waals surface area (Å²) in [6.07, 6.45) is 4.75. The summed E-state index contributed by atoms with van der Waals surface area (Å²) in [5.41, 5.74) is 8.11. The summed E-state index contributed by atoms with van der Waals surface area (Å²) >= 11 is 0. The van der Waals surface area contributed by atoms with Gasteiger partial charge in [0.15, 0.2) is 5.82 Å². The highest BCUT2D eigenvalue weighted by Gasteiger charge is 2.23. The molecule has 9 nitrogen and oxygen atoms in total. The standard InChI is InChI=1S/C22H20F3N9/c1-2-17(16(33-27)9-28-15-6-4-3-5-14(15)23)34-10-13(18-20(26)31-11-32-22(18)34)12-7-29-21(19(24)25)30-8-12/h3-11,17,19H,2,27H2,1H3,(H2,26,31,32). The summed E-state index contributed by atoms with van der Waals surface area (Å²) in [6.45, 7) is 1.91. The molecule has 0 amide bonds. The number of hydrogen-bond donors (Lipinski definition) is 2. The van der Waals surface area contributed by atoms with E-state index in [2.05, 4.69) is 30.0 Å². The SMILES string of the molecule is CCC(C(C=Nc1ccccc1F)=NN)n1cc(-c2cnc(C(F)F)nc2)c2c(N)ncnc21. The fourth-order valence-corrected chi connectivity index (χ4v) is 3.60. The number of nitrogen functional groups attached to an aromatic ring is 1. The van der Waals surface area contributed by atoms with Crippen LogP contribution in [0.1, 0.15) is 31.6 Å². The topological polar surface area (TPSA) is 133 Å². The van der Waals surface area contributed by atoms with E-state index in [1.807, 2.05) is 6.92 Å². The van der Waals surface area contributed by atoms with Crippen molar-refractivity contribution >= 4 is 34.5 Å². The zero-order valence-electron chi connectivity index (χ0n) is 18.0. The molecule has 34 heavy (non-hydrogen) atoms. The highest BCUT2D eigenvalue weighted by Crippen LogP contribution is 2.35. The predicted molar refractivity (Wildman–Crippen MR) is 123 cm³/mol. The molecule has 12 heteroatoms. The van der Waals surface area contributed by atoms with Gasteiger partial charge < -0.3 is 16.1 Å². The van der Waals surface area contributed by atoms with E-state index in [-0.39, 0.29) is 11.5 Å².